The molecule has 2 N–H and O–H groups in total. The molecule has 27 valence electrons. The smallest absolute Gasteiger partial charge is 0.357 e. The van der Waals surface area contributed by atoms with Gasteiger partial charge in [0.05, 0.1) is 0 Å². The van der Waals surface area contributed by atoms with Crippen LogP contribution in [0.1, 0.15) is 0 Å². The Morgan fingerprint density at radius 2 is 2.00 bits per heavy atom. The molecular formula is H2BNO2P. The fourth-order valence-corrected chi connectivity index (χ4v) is 0.278. The van der Waals surface area contributed by atoms with Gasteiger partial charge < -0.3 is 8.88 Å². The van der Waals surface area contributed by atoms with Crippen LogP contribution in [0, 0.1) is 0 Å². The Balaban J connectivity index is 2.08. The summed E-state index contributed by atoms with van der Waals surface area (Å²) in [6.07, 6.45) is 0. The molecule has 0 aromatic carbocycles. The van der Waals surface area contributed by atoms with Crippen molar-refractivity contribution in [2.24, 2.45) is 5.50 Å². The number of nitrogens with two attached hydrogens (primary N) is 1. The average molecular weight is 89.8 g/mol. The quantitative estimate of drug-likeness (QED) is 0.329. The minimum atomic E-state index is -0.973. The third kappa shape index (κ3) is 0.607. The van der Waals surface area contributed by atoms with Crippen LogP contribution >= 0.6 is 8.53 Å². The summed E-state index contributed by atoms with van der Waals surface area (Å²) in [5, 5.41) is 0. The van der Waals surface area contributed by atoms with Gasteiger partial charge in [0.1, 0.15) is 0 Å². The summed E-state index contributed by atoms with van der Waals surface area (Å²) in [6.45, 7) is 0. The first-order chi connectivity index (χ1) is 2.39. The summed E-state index contributed by atoms with van der Waals surface area (Å²) in [5.41, 5.74) is 4.97. The minimum Gasteiger partial charge on any atom is -0.357 e. The molecule has 3 nitrogen and oxygen atoms in total. The van der Waals surface area contributed by atoms with E-state index >= 15 is 0 Å². The Bertz CT molecular complexity index is 36.6. The summed E-state index contributed by atoms with van der Waals surface area (Å²) in [7, 11) is 0.255. The van der Waals surface area contributed by atoms with Crippen LogP contribution in [0.3, 0.4) is 0 Å². The van der Waals surface area contributed by atoms with Crippen molar-refractivity contribution >= 4 is 16.2 Å². The molecule has 0 unspecified atom stereocenters. The van der Waals surface area contributed by atoms with Crippen LogP contribution < -0.4 is 5.50 Å². The van der Waals surface area contributed by atoms with Crippen LogP contribution in [0.5, 0.6) is 0 Å². The standard InChI is InChI=1S/BH2NO2P/c2-5-3-1-4-5/h2H2. The fraction of sp³-hybridized carbons (Fsp3) is 0. The van der Waals surface area contributed by atoms with Crippen LogP contribution in [-0.2, 0) is 8.88 Å². The summed E-state index contributed by atoms with van der Waals surface area (Å²) < 4.78 is 8.85. The van der Waals surface area contributed by atoms with E-state index < -0.39 is 8.53 Å². The lowest BCUT2D eigenvalue weighted by Gasteiger charge is -2.17. The zero-order valence-electron chi connectivity index (χ0n) is 2.42. The largest absolute Gasteiger partial charge is 0.499 e. The third-order valence-corrected chi connectivity index (χ3v) is 0.882. The second-order valence-corrected chi connectivity index (χ2v) is 1.58. The first-order valence-electron chi connectivity index (χ1n) is 1.09. The van der Waals surface area contributed by atoms with E-state index in [1.165, 1.54) is 7.69 Å². The molecule has 5 heavy (non-hydrogen) atoms. The molecule has 1 aliphatic heterocycles. The van der Waals surface area contributed by atoms with Gasteiger partial charge in [0.25, 0.3) is 0 Å². The second kappa shape index (κ2) is 1.23. The second-order valence-electron chi connectivity index (χ2n) is 0.592. The molecule has 0 spiro atoms. The van der Waals surface area contributed by atoms with E-state index in [4.69, 9.17) is 5.50 Å². The van der Waals surface area contributed by atoms with Gasteiger partial charge in [0.15, 0.2) is 0 Å². The number of rotatable bonds is 0. The highest BCUT2D eigenvalue weighted by molar-refractivity contribution is 7.49. The van der Waals surface area contributed by atoms with Crippen molar-refractivity contribution < 1.29 is 8.88 Å². The fourth-order valence-electron chi connectivity index (χ4n) is 0.0927. The Kier molecular flexibility index (Phi) is 0.873. The molecule has 1 heterocycles. The summed E-state index contributed by atoms with van der Waals surface area (Å²) in [4.78, 5) is 0. The maximum absolute atomic E-state index is 4.97. The summed E-state index contributed by atoms with van der Waals surface area (Å²) in [5.74, 6) is 0. The number of hydrogen-bond donors (Lipinski definition) is 1. The van der Waals surface area contributed by atoms with E-state index in [0.717, 1.165) is 0 Å². The molecule has 0 aromatic heterocycles. The Labute approximate surface area is 31.7 Å². The molecule has 0 atom stereocenters. The molecule has 0 amide bonds. The Morgan fingerprint density at radius 1 is 1.60 bits per heavy atom. The van der Waals surface area contributed by atoms with E-state index in [1.807, 2.05) is 0 Å². The highest BCUT2D eigenvalue weighted by Gasteiger charge is 2.16. The van der Waals surface area contributed by atoms with Crippen molar-refractivity contribution in [3.63, 3.8) is 0 Å². The lowest BCUT2D eigenvalue weighted by molar-refractivity contribution is 0.381. The zero-order valence-corrected chi connectivity index (χ0v) is 3.31. The molecule has 5 heteroatoms. The maximum atomic E-state index is 4.97. The lowest BCUT2D eigenvalue weighted by atomic mass is 10.4. The summed E-state index contributed by atoms with van der Waals surface area (Å²) >= 11 is 0. The van der Waals surface area contributed by atoms with Gasteiger partial charge in [-0.1, -0.05) is 0 Å². The van der Waals surface area contributed by atoms with E-state index in [1.54, 1.807) is 0 Å². The molecule has 0 saturated carbocycles. The molecule has 1 fully saturated rings. The first-order valence-corrected chi connectivity index (χ1v) is 2.34. The highest BCUT2D eigenvalue weighted by atomic mass is 31.2. The van der Waals surface area contributed by atoms with Crippen LogP contribution in [0.15, 0.2) is 0 Å². The van der Waals surface area contributed by atoms with E-state index in [-0.39, 0.29) is 0 Å². The van der Waals surface area contributed by atoms with Gasteiger partial charge in [-0.15, -0.1) is 0 Å². The van der Waals surface area contributed by atoms with Crippen LogP contribution in [0.25, 0.3) is 0 Å². The van der Waals surface area contributed by atoms with Crippen LogP contribution in [0.4, 0.5) is 0 Å². The SMILES string of the molecule is NP1O[B]O1. The third-order valence-electron chi connectivity index (χ3n) is 0.294. The van der Waals surface area contributed by atoms with Gasteiger partial charge in [-0.3, -0.25) is 5.50 Å². The van der Waals surface area contributed by atoms with Gasteiger partial charge in [-0.25, -0.2) is 0 Å². The summed E-state index contributed by atoms with van der Waals surface area (Å²) in [6, 6.07) is 0. The monoisotopic (exact) mass is 90.0 g/mol. The zero-order chi connectivity index (χ0) is 3.70. The molecule has 1 saturated heterocycles. The molecule has 0 aromatic rings. The van der Waals surface area contributed by atoms with Gasteiger partial charge in [0, 0.05) is 0 Å². The molecule has 0 bridgehead atoms. The van der Waals surface area contributed by atoms with Crippen molar-refractivity contribution in [1.82, 2.24) is 0 Å². The molecule has 1 rings (SSSR count). The van der Waals surface area contributed by atoms with Crippen molar-refractivity contribution in [3.05, 3.63) is 0 Å². The van der Waals surface area contributed by atoms with Crippen molar-refractivity contribution in [2.45, 2.75) is 0 Å². The Morgan fingerprint density at radius 3 is 2.00 bits per heavy atom. The topological polar surface area (TPSA) is 44.5 Å². The number of hydrogen-bond acceptors (Lipinski definition) is 3. The molecular weight excluding hydrogens is 87.8 g/mol. The molecule has 0 aliphatic carbocycles. The van der Waals surface area contributed by atoms with E-state index in [0.29, 0.717) is 0 Å². The van der Waals surface area contributed by atoms with Crippen LogP contribution in [0.2, 0.25) is 0 Å². The van der Waals surface area contributed by atoms with E-state index in [2.05, 4.69) is 8.88 Å². The molecule has 1 radical (unpaired) electrons. The maximum Gasteiger partial charge on any atom is 0.499 e. The normalized spacial score (nSPS) is 24.2. The van der Waals surface area contributed by atoms with Crippen LogP contribution in [-0.4, -0.2) is 7.69 Å². The minimum absolute atomic E-state index is 0.973. The lowest BCUT2D eigenvalue weighted by Crippen LogP contribution is -2.14. The first kappa shape index (κ1) is 3.56. The van der Waals surface area contributed by atoms with Gasteiger partial charge in [-0.05, 0) is 0 Å². The van der Waals surface area contributed by atoms with E-state index in [9.17, 15) is 0 Å². The Hall–Kier alpha value is 0.375. The molecule has 1 aliphatic rings. The van der Waals surface area contributed by atoms with Crippen molar-refractivity contribution in [2.75, 3.05) is 0 Å². The average Bonchev–Trinajstić information content (AvgIpc) is 1.30. The van der Waals surface area contributed by atoms with Gasteiger partial charge in [-0.2, -0.15) is 0 Å². The highest BCUT2D eigenvalue weighted by Crippen LogP contribution is 2.35. The predicted octanol–water partition coefficient (Wildman–Crippen LogP) is -0.247. The van der Waals surface area contributed by atoms with Gasteiger partial charge >= 0.3 is 7.69 Å². The van der Waals surface area contributed by atoms with Gasteiger partial charge in [0.2, 0.25) is 8.53 Å². The van der Waals surface area contributed by atoms with Crippen molar-refractivity contribution in [3.8, 4) is 0 Å². The van der Waals surface area contributed by atoms with Crippen molar-refractivity contribution in [1.29, 1.82) is 0 Å². The predicted molar refractivity (Wildman–Crippen MR) is 19.0 cm³/mol.